The van der Waals surface area contributed by atoms with Gasteiger partial charge in [-0.1, -0.05) is 0 Å². The Kier molecular flexibility index (Phi) is 2.64. The van der Waals surface area contributed by atoms with E-state index in [4.69, 9.17) is 26.8 Å². The largest absolute Gasteiger partial charge is 0.457 e. The fraction of sp³-hybridized carbons (Fsp3) is 0.571. The summed E-state index contributed by atoms with van der Waals surface area (Å²) in [6, 6.07) is 0.151. The fourth-order valence-corrected chi connectivity index (χ4v) is 1.31. The summed E-state index contributed by atoms with van der Waals surface area (Å²) in [6.07, 6.45) is 0.802. The van der Waals surface area contributed by atoms with Crippen LogP contribution in [-0.4, -0.2) is 34.3 Å². The first-order chi connectivity index (χ1) is 6.74. The first kappa shape index (κ1) is 9.42. The van der Waals surface area contributed by atoms with Crippen LogP contribution in [0.25, 0.3) is 0 Å². The predicted molar refractivity (Wildman–Crippen MR) is 49.1 cm³/mol. The van der Waals surface area contributed by atoms with E-state index >= 15 is 0 Å². The standard InChI is InChI=1S/C7H9ClN4O2/c8-5-10-6(9)12-7(11-5)14-4-1-2-13-3-4/h4H,1-3H2,(H2,9,10,11,12). The molecule has 2 rings (SSSR count). The van der Waals surface area contributed by atoms with Crippen LogP contribution in [0.4, 0.5) is 5.95 Å². The average molecular weight is 217 g/mol. The molecule has 76 valence electrons. The van der Waals surface area contributed by atoms with Crippen LogP contribution in [0.15, 0.2) is 0 Å². The molecule has 1 aliphatic heterocycles. The van der Waals surface area contributed by atoms with Crippen LogP contribution in [-0.2, 0) is 4.74 Å². The van der Waals surface area contributed by atoms with E-state index < -0.39 is 0 Å². The number of hydrogen-bond donors (Lipinski definition) is 1. The zero-order valence-electron chi connectivity index (χ0n) is 7.31. The predicted octanol–water partition coefficient (Wildman–Crippen LogP) is 0.275. The van der Waals surface area contributed by atoms with Crippen molar-refractivity contribution in [3.8, 4) is 6.01 Å². The van der Waals surface area contributed by atoms with Crippen LogP contribution in [0.3, 0.4) is 0 Å². The van der Waals surface area contributed by atoms with Crippen molar-refractivity contribution in [2.75, 3.05) is 18.9 Å². The third-order valence-corrected chi connectivity index (χ3v) is 1.93. The third-order valence-electron chi connectivity index (χ3n) is 1.76. The zero-order valence-corrected chi connectivity index (χ0v) is 8.07. The molecule has 1 atom stereocenters. The van der Waals surface area contributed by atoms with Crippen LogP contribution in [0.1, 0.15) is 6.42 Å². The Morgan fingerprint density at radius 1 is 1.43 bits per heavy atom. The molecule has 1 saturated heterocycles. The number of nitrogen functional groups attached to an aromatic ring is 1. The Hall–Kier alpha value is -1.14. The lowest BCUT2D eigenvalue weighted by molar-refractivity contribution is 0.134. The third kappa shape index (κ3) is 2.21. The second kappa shape index (κ2) is 3.93. The average Bonchev–Trinajstić information content (AvgIpc) is 2.54. The van der Waals surface area contributed by atoms with Crippen molar-refractivity contribution in [3.05, 3.63) is 5.28 Å². The van der Waals surface area contributed by atoms with Gasteiger partial charge in [0.05, 0.1) is 13.2 Å². The minimum Gasteiger partial charge on any atom is -0.457 e. The van der Waals surface area contributed by atoms with E-state index in [0.717, 1.165) is 6.42 Å². The van der Waals surface area contributed by atoms with Crippen LogP contribution in [0.2, 0.25) is 5.28 Å². The topological polar surface area (TPSA) is 83.2 Å². The van der Waals surface area contributed by atoms with Crippen molar-refractivity contribution >= 4 is 17.5 Å². The van der Waals surface area contributed by atoms with Gasteiger partial charge in [0.1, 0.15) is 6.10 Å². The number of nitrogens with zero attached hydrogens (tertiary/aromatic N) is 3. The van der Waals surface area contributed by atoms with Gasteiger partial charge in [0.15, 0.2) is 0 Å². The van der Waals surface area contributed by atoms with Gasteiger partial charge < -0.3 is 15.2 Å². The second-order valence-electron chi connectivity index (χ2n) is 2.85. The maximum Gasteiger partial charge on any atom is 0.322 e. The van der Waals surface area contributed by atoms with Crippen LogP contribution in [0, 0.1) is 0 Å². The molecular weight excluding hydrogens is 208 g/mol. The van der Waals surface area contributed by atoms with Gasteiger partial charge >= 0.3 is 6.01 Å². The molecule has 0 bridgehead atoms. The fourth-order valence-electron chi connectivity index (χ4n) is 1.15. The maximum atomic E-state index is 5.58. The summed E-state index contributed by atoms with van der Waals surface area (Å²) < 4.78 is 10.5. The Morgan fingerprint density at radius 3 is 2.93 bits per heavy atom. The Balaban J connectivity index is 2.07. The van der Waals surface area contributed by atoms with Crippen LogP contribution in [0.5, 0.6) is 6.01 Å². The maximum absolute atomic E-state index is 5.58. The molecule has 1 aromatic heterocycles. The van der Waals surface area contributed by atoms with Crippen molar-refractivity contribution in [1.29, 1.82) is 0 Å². The van der Waals surface area contributed by atoms with E-state index in [2.05, 4.69) is 15.0 Å². The highest BCUT2D eigenvalue weighted by Crippen LogP contribution is 2.14. The molecule has 1 unspecified atom stereocenters. The van der Waals surface area contributed by atoms with Crippen molar-refractivity contribution in [2.24, 2.45) is 0 Å². The monoisotopic (exact) mass is 216 g/mol. The minimum atomic E-state index is -0.0205. The van der Waals surface area contributed by atoms with Crippen molar-refractivity contribution in [1.82, 2.24) is 15.0 Å². The van der Waals surface area contributed by atoms with Gasteiger partial charge in [-0.3, -0.25) is 0 Å². The highest BCUT2D eigenvalue weighted by atomic mass is 35.5. The molecule has 0 aromatic carbocycles. The Morgan fingerprint density at radius 2 is 2.29 bits per heavy atom. The van der Waals surface area contributed by atoms with Gasteiger partial charge in [0, 0.05) is 6.42 Å². The zero-order chi connectivity index (χ0) is 9.97. The van der Waals surface area contributed by atoms with E-state index in [1.54, 1.807) is 0 Å². The van der Waals surface area contributed by atoms with Gasteiger partial charge in [0.2, 0.25) is 11.2 Å². The normalized spacial score (nSPS) is 21.1. The molecule has 7 heteroatoms. The second-order valence-corrected chi connectivity index (χ2v) is 3.19. The van der Waals surface area contributed by atoms with Crippen LogP contribution < -0.4 is 10.5 Å². The summed E-state index contributed by atoms with van der Waals surface area (Å²) >= 11 is 5.58. The Labute approximate surface area is 85.4 Å². The molecule has 0 aliphatic carbocycles. The van der Waals surface area contributed by atoms with E-state index in [1.165, 1.54) is 0 Å². The van der Waals surface area contributed by atoms with Gasteiger partial charge in [-0.2, -0.15) is 15.0 Å². The molecule has 0 saturated carbocycles. The number of hydrogen-bond acceptors (Lipinski definition) is 6. The smallest absolute Gasteiger partial charge is 0.322 e. The minimum absolute atomic E-state index is 0.0205. The van der Waals surface area contributed by atoms with E-state index in [-0.39, 0.29) is 23.3 Å². The molecule has 2 heterocycles. The van der Waals surface area contributed by atoms with E-state index in [0.29, 0.717) is 13.2 Å². The molecule has 1 fully saturated rings. The van der Waals surface area contributed by atoms with Gasteiger partial charge in [-0.15, -0.1) is 0 Å². The first-order valence-corrected chi connectivity index (χ1v) is 4.53. The Bertz CT molecular complexity index is 309. The van der Waals surface area contributed by atoms with Crippen molar-refractivity contribution in [3.63, 3.8) is 0 Å². The number of aromatic nitrogens is 3. The highest BCUT2D eigenvalue weighted by Gasteiger charge is 2.18. The van der Waals surface area contributed by atoms with E-state index in [9.17, 15) is 0 Å². The summed E-state index contributed by atoms with van der Waals surface area (Å²) in [5, 5.41) is 0.0337. The summed E-state index contributed by atoms with van der Waals surface area (Å²) in [5.41, 5.74) is 5.38. The molecule has 0 spiro atoms. The number of rotatable bonds is 2. The van der Waals surface area contributed by atoms with Crippen LogP contribution >= 0.6 is 11.6 Å². The lowest BCUT2D eigenvalue weighted by Crippen LogP contribution is -2.18. The lowest BCUT2D eigenvalue weighted by atomic mass is 10.3. The molecule has 0 radical (unpaired) electrons. The lowest BCUT2D eigenvalue weighted by Gasteiger charge is -2.09. The van der Waals surface area contributed by atoms with E-state index in [1.807, 2.05) is 0 Å². The van der Waals surface area contributed by atoms with Crippen molar-refractivity contribution < 1.29 is 9.47 Å². The molecule has 1 aromatic rings. The molecule has 6 nitrogen and oxygen atoms in total. The number of halogens is 1. The molecule has 2 N–H and O–H groups in total. The summed E-state index contributed by atoms with van der Waals surface area (Å²) in [5.74, 6) is 0.0546. The molecule has 1 aliphatic rings. The summed E-state index contributed by atoms with van der Waals surface area (Å²) in [6.45, 7) is 1.24. The van der Waals surface area contributed by atoms with Gasteiger partial charge in [-0.25, -0.2) is 0 Å². The molecule has 14 heavy (non-hydrogen) atoms. The number of nitrogens with two attached hydrogens (primary N) is 1. The number of ether oxygens (including phenoxy) is 2. The summed E-state index contributed by atoms with van der Waals surface area (Å²) in [7, 11) is 0. The summed E-state index contributed by atoms with van der Waals surface area (Å²) in [4.78, 5) is 11.2. The van der Waals surface area contributed by atoms with Gasteiger partial charge in [-0.05, 0) is 11.6 Å². The first-order valence-electron chi connectivity index (χ1n) is 4.15. The molecular formula is C7H9ClN4O2. The quantitative estimate of drug-likeness (QED) is 0.764. The van der Waals surface area contributed by atoms with Gasteiger partial charge in [0.25, 0.3) is 0 Å². The van der Waals surface area contributed by atoms with Crippen molar-refractivity contribution in [2.45, 2.75) is 12.5 Å². The molecule has 0 amide bonds. The number of anilines is 1. The SMILES string of the molecule is Nc1nc(Cl)nc(OC2CCOC2)n1. The highest BCUT2D eigenvalue weighted by molar-refractivity contribution is 6.28.